The number of likely N-dealkylation sites (N-methyl/N-ethyl adjacent to an activating group) is 1. The number of ether oxygens (including phenoxy) is 1. The molecule has 10 heteroatoms. The van der Waals surface area contributed by atoms with Crippen molar-refractivity contribution in [3.8, 4) is 5.75 Å². The van der Waals surface area contributed by atoms with Crippen LogP contribution in [0.5, 0.6) is 5.75 Å². The zero-order valence-electron chi connectivity index (χ0n) is 19.7. The number of H-pyrrole nitrogens is 1. The highest BCUT2D eigenvalue weighted by Crippen LogP contribution is 2.32. The number of benzene rings is 2. The number of amides is 3. The Morgan fingerprint density at radius 1 is 1.17 bits per heavy atom. The van der Waals surface area contributed by atoms with Crippen molar-refractivity contribution in [1.29, 1.82) is 0 Å². The molecular formula is C26H26N6O4. The van der Waals surface area contributed by atoms with Crippen molar-refractivity contribution >= 4 is 29.5 Å². The number of aromatic nitrogens is 3. The predicted octanol–water partition coefficient (Wildman–Crippen LogP) is 1.84. The van der Waals surface area contributed by atoms with E-state index in [9.17, 15) is 14.4 Å². The Kier molecular flexibility index (Phi) is 6.48. The number of nitrogens with zero attached hydrogens (tertiary/aromatic N) is 3. The third-order valence-electron chi connectivity index (χ3n) is 5.98. The highest BCUT2D eigenvalue weighted by Gasteiger charge is 2.31. The molecule has 0 saturated heterocycles. The quantitative estimate of drug-likeness (QED) is 0.437. The number of fused-ring (bicyclic) bond motifs is 1. The molecule has 2 heterocycles. The SMILES string of the molecule is CN1C(=O)C(NC(=O)c2n[nH]c(Cc3ccccc3)n2)COc2ccc(C=CC(=O)NC3CC3)cc21. The van der Waals surface area contributed by atoms with Crippen LogP contribution < -0.4 is 20.3 Å². The largest absolute Gasteiger partial charge is 0.489 e. The van der Waals surface area contributed by atoms with Crippen LogP contribution in [0, 0.1) is 0 Å². The molecule has 1 unspecified atom stereocenters. The summed E-state index contributed by atoms with van der Waals surface area (Å²) in [6, 6.07) is 14.4. The third kappa shape index (κ3) is 5.43. The van der Waals surface area contributed by atoms with Gasteiger partial charge in [0, 0.05) is 25.6 Å². The van der Waals surface area contributed by atoms with Gasteiger partial charge in [-0.15, -0.1) is 5.10 Å². The second-order valence-electron chi connectivity index (χ2n) is 8.85. The third-order valence-corrected chi connectivity index (χ3v) is 5.98. The molecule has 1 aliphatic carbocycles. The van der Waals surface area contributed by atoms with Gasteiger partial charge in [-0.3, -0.25) is 19.5 Å². The summed E-state index contributed by atoms with van der Waals surface area (Å²) in [5, 5.41) is 12.3. The van der Waals surface area contributed by atoms with Gasteiger partial charge in [-0.25, -0.2) is 4.98 Å². The van der Waals surface area contributed by atoms with E-state index in [0.29, 0.717) is 23.7 Å². The molecule has 0 spiro atoms. The molecule has 1 atom stereocenters. The van der Waals surface area contributed by atoms with Gasteiger partial charge in [-0.1, -0.05) is 36.4 Å². The van der Waals surface area contributed by atoms with Crippen molar-refractivity contribution in [3.05, 3.63) is 77.4 Å². The van der Waals surface area contributed by atoms with Crippen LogP contribution in [-0.4, -0.2) is 58.6 Å². The molecule has 1 saturated carbocycles. The number of nitrogens with one attached hydrogen (secondary N) is 3. The molecule has 36 heavy (non-hydrogen) atoms. The van der Waals surface area contributed by atoms with Crippen LogP contribution in [-0.2, 0) is 16.0 Å². The van der Waals surface area contributed by atoms with E-state index in [2.05, 4.69) is 25.8 Å². The minimum Gasteiger partial charge on any atom is -0.489 e. The standard InChI is InChI=1S/C26H26N6O4/c1-32-20-13-17(8-12-23(33)27-18-9-10-18)7-11-21(20)36-15-19(26(32)35)28-25(34)24-29-22(30-31-24)14-16-5-3-2-4-6-16/h2-8,11-13,18-19H,9-10,14-15H2,1H3,(H,27,33)(H,28,34)(H,29,30,31). The summed E-state index contributed by atoms with van der Waals surface area (Å²) in [5.74, 6) is -0.0484. The van der Waals surface area contributed by atoms with Gasteiger partial charge in [0.25, 0.3) is 11.8 Å². The summed E-state index contributed by atoms with van der Waals surface area (Å²) in [6.45, 7) is -0.0395. The average molecular weight is 487 g/mol. The maximum Gasteiger partial charge on any atom is 0.291 e. The van der Waals surface area contributed by atoms with E-state index in [-0.39, 0.29) is 30.3 Å². The summed E-state index contributed by atoms with van der Waals surface area (Å²) < 4.78 is 5.84. The maximum absolute atomic E-state index is 13.1. The van der Waals surface area contributed by atoms with Gasteiger partial charge in [-0.2, -0.15) is 0 Å². The van der Waals surface area contributed by atoms with Crippen LogP contribution >= 0.6 is 0 Å². The van der Waals surface area contributed by atoms with Gasteiger partial charge in [0.1, 0.15) is 24.2 Å². The van der Waals surface area contributed by atoms with Crippen LogP contribution in [0.3, 0.4) is 0 Å². The van der Waals surface area contributed by atoms with Crippen molar-refractivity contribution in [2.24, 2.45) is 0 Å². The molecule has 10 nitrogen and oxygen atoms in total. The molecule has 3 aromatic rings. The number of hydrogen-bond acceptors (Lipinski definition) is 6. The molecule has 5 rings (SSSR count). The number of rotatable bonds is 7. The van der Waals surface area contributed by atoms with E-state index in [1.54, 1.807) is 31.3 Å². The van der Waals surface area contributed by atoms with Crippen molar-refractivity contribution < 1.29 is 19.1 Å². The van der Waals surface area contributed by atoms with Gasteiger partial charge < -0.3 is 20.3 Å². The Morgan fingerprint density at radius 2 is 1.97 bits per heavy atom. The molecule has 3 amide bonds. The lowest BCUT2D eigenvalue weighted by atomic mass is 10.1. The molecule has 1 aromatic heterocycles. The number of hydrogen-bond donors (Lipinski definition) is 3. The van der Waals surface area contributed by atoms with Crippen molar-refractivity contribution in [2.75, 3.05) is 18.6 Å². The number of carbonyl (C=O) groups excluding carboxylic acids is 3. The van der Waals surface area contributed by atoms with Gasteiger partial charge >= 0.3 is 0 Å². The first-order valence-electron chi connectivity index (χ1n) is 11.8. The normalized spacial score (nSPS) is 17.3. The maximum atomic E-state index is 13.1. The van der Waals surface area contributed by atoms with E-state index in [4.69, 9.17) is 4.74 Å². The van der Waals surface area contributed by atoms with E-state index in [0.717, 1.165) is 24.0 Å². The fraction of sp³-hybridized carbons (Fsp3) is 0.269. The second kappa shape index (κ2) is 10.0. The monoisotopic (exact) mass is 486 g/mol. The Balaban J connectivity index is 1.24. The number of carbonyl (C=O) groups is 3. The first kappa shape index (κ1) is 23.3. The summed E-state index contributed by atoms with van der Waals surface area (Å²) in [5.41, 5.74) is 2.33. The van der Waals surface area contributed by atoms with E-state index < -0.39 is 11.9 Å². The first-order chi connectivity index (χ1) is 17.5. The van der Waals surface area contributed by atoms with Crippen molar-refractivity contribution in [2.45, 2.75) is 31.3 Å². The van der Waals surface area contributed by atoms with E-state index >= 15 is 0 Å². The Morgan fingerprint density at radius 3 is 2.75 bits per heavy atom. The van der Waals surface area contributed by atoms with Crippen LogP contribution in [0.25, 0.3) is 6.08 Å². The molecule has 1 aliphatic heterocycles. The van der Waals surface area contributed by atoms with Gasteiger partial charge in [0.05, 0.1) is 5.69 Å². The zero-order chi connectivity index (χ0) is 25.1. The topological polar surface area (TPSA) is 129 Å². The smallest absolute Gasteiger partial charge is 0.291 e. The number of anilines is 1. The van der Waals surface area contributed by atoms with Crippen molar-refractivity contribution in [1.82, 2.24) is 25.8 Å². The molecule has 0 bridgehead atoms. The van der Waals surface area contributed by atoms with Crippen LogP contribution in [0.4, 0.5) is 5.69 Å². The lowest BCUT2D eigenvalue weighted by Gasteiger charge is -2.20. The van der Waals surface area contributed by atoms with Crippen LogP contribution in [0.15, 0.2) is 54.6 Å². The van der Waals surface area contributed by atoms with Gasteiger partial charge in [0.2, 0.25) is 11.7 Å². The predicted molar refractivity (Wildman–Crippen MR) is 132 cm³/mol. The Bertz CT molecular complexity index is 1310. The molecular weight excluding hydrogens is 460 g/mol. The summed E-state index contributed by atoms with van der Waals surface area (Å²) in [4.78, 5) is 43.5. The number of aromatic amines is 1. The van der Waals surface area contributed by atoms with E-state index in [1.807, 2.05) is 30.3 Å². The zero-order valence-corrected chi connectivity index (χ0v) is 19.7. The fourth-order valence-corrected chi connectivity index (χ4v) is 3.86. The molecule has 2 aliphatic rings. The Labute approximate surface area is 207 Å². The minimum atomic E-state index is -0.922. The minimum absolute atomic E-state index is 0.0395. The van der Waals surface area contributed by atoms with E-state index in [1.165, 1.54) is 11.0 Å². The lowest BCUT2D eigenvalue weighted by Crippen LogP contribution is -2.49. The molecule has 3 N–H and O–H groups in total. The fourth-order valence-electron chi connectivity index (χ4n) is 3.86. The van der Waals surface area contributed by atoms with Crippen molar-refractivity contribution in [3.63, 3.8) is 0 Å². The highest BCUT2D eigenvalue weighted by atomic mass is 16.5. The molecule has 0 radical (unpaired) electrons. The summed E-state index contributed by atoms with van der Waals surface area (Å²) >= 11 is 0. The van der Waals surface area contributed by atoms with Gasteiger partial charge in [-0.05, 0) is 42.2 Å². The van der Waals surface area contributed by atoms with Gasteiger partial charge in [0.15, 0.2) is 0 Å². The molecule has 2 aromatic carbocycles. The average Bonchev–Trinajstić information content (AvgIpc) is 3.60. The molecule has 1 fully saturated rings. The molecule has 184 valence electrons. The van der Waals surface area contributed by atoms with Crippen LogP contribution in [0.2, 0.25) is 0 Å². The summed E-state index contributed by atoms with van der Waals surface area (Å²) in [6.07, 6.45) is 5.71. The lowest BCUT2D eigenvalue weighted by molar-refractivity contribution is -0.120. The highest BCUT2D eigenvalue weighted by molar-refractivity contribution is 6.02. The summed E-state index contributed by atoms with van der Waals surface area (Å²) in [7, 11) is 1.62. The van der Waals surface area contributed by atoms with Crippen LogP contribution in [0.1, 0.15) is 40.4 Å². The first-order valence-corrected chi connectivity index (χ1v) is 11.8. The Hall–Kier alpha value is -4.47. The second-order valence-corrected chi connectivity index (χ2v) is 8.85.